The number of nitrogens with one attached hydrogen (secondary N) is 1. The first-order valence-electron chi connectivity index (χ1n) is 9.46. The Balaban J connectivity index is 1.82. The molecule has 1 heterocycles. The number of nitrogens with zero attached hydrogens (tertiary/aromatic N) is 1. The van der Waals surface area contributed by atoms with Crippen molar-refractivity contribution in [3.63, 3.8) is 0 Å². The van der Waals surface area contributed by atoms with Crippen LogP contribution in [0.3, 0.4) is 0 Å². The SMILES string of the molecule is CCOc1ccccc1C(=O)Nc1ccc2c(c1)CCC(=O)N2CC(C)C. The number of anilines is 2. The molecule has 0 saturated carbocycles. The summed E-state index contributed by atoms with van der Waals surface area (Å²) in [5.41, 5.74) is 3.27. The Morgan fingerprint density at radius 2 is 1.96 bits per heavy atom. The molecule has 1 N–H and O–H groups in total. The third kappa shape index (κ3) is 4.30. The van der Waals surface area contributed by atoms with Crippen LogP contribution in [-0.4, -0.2) is 25.0 Å². The second kappa shape index (κ2) is 8.25. The summed E-state index contributed by atoms with van der Waals surface area (Å²) in [4.78, 5) is 26.8. The summed E-state index contributed by atoms with van der Waals surface area (Å²) in [6.07, 6.45) is 1.20. The minimum Gasteiger partial charge on any atom is -0.493 e. The molecule has 142 valence electrons. The van der Waals surface area contributed by atoms with Crippen molar-refractivity contribution >= 4 is 23.2 Å². The monoisotopic (exact) mass is 366 g/mol. The Morgan fingerprint density at radius 3 is 2.70 bits per heavy atom. The quantitative estimate of drug-likeness (QED) is 0.830. The first-order chi connectivity index (χ1) is 13.0. The van der Waals surface area contributed by atoms with Crippen molar-refractivity contribution < 1.29 is 14.3 Å². The predicted molar refractivity (Wildman–Crippen MR) is 108 cm³/mol. The third-order valence-electron chi connectivity index (χ3n) is 4.52. The molecule has 2 aromatic carbocycles. The molecular formula is C22H26N2O3. The Labute approximate surface area is 160 Å². The summed E-state index contributed by atoms with van der Waals surface area (Å²) < 4.78 is 5.54. The van der Waals surface area contributed by atoms with Crippen LogP contribution in [0, 0.1) is 5.92 Å². The van der Waals surface area contributed by atoms with Gasteiger partial charge in [-0.25, -0.2) is 0 Å². The maximum Gasteiger partial charge on any atom is 0.259 e. The molecule has 0 atom stereocenters. The summed E-state index contributed by atoms with van der Waals surface area (Å²) in [6, 6.07) is 13.0. The molecule has 3 rings (SSSR count). The average Bonchev–Trinajstić information content (AvgIpc) is 2.64. The fourth-order valence-corrected chi connectivity index (χ4v) is 3.34. The zero-order chi connectivity index (χ0) is 19.4. The minimum absolute atomic E-state index is 0.165. The molecule has 0 fully saturated rings. The second-order valence-corrected chi connectivity index (χ2v) is 7.12. The average molecular weight is 366 g/mol. The smallest absolute Gasteiger partial charge is 0.259 e. The van der Waals surface area contributed by atoms with Gasteiger partial charge in [-0.05, 0) is 55.2 Å². The lowest BCUT2D eigenvalue weighted by molar-refractivity contribution is -0.119. The van der Waals surface area contributed by atoms with Crippen molar-refractivity contribution in [3.05, 3.63) is 53.6 Å². The molecule has 0 unspecified atom stereocenters. The summed E-state index contributed by atoms with van der Waals surface area (Å²) in [7, 11) is 0. The second-order valence-electron chi connectivity index (χ2n) is 7.12. The van der Waals surface area contributed by atoms with Crippen molar-refractivity contribution in [2.45, 2.75) is 33.6 Å². The van der Waals surface area contributed by atoms with Crippen LogP contribution in [0.1, 0.15) is 43.1 Å². The molecule has 0 bridgehead atoms. The van der Waals surface area contributed by atoms with Crippen LogP contribution in [0.2, 0.25) is 0 Å². The van der Waals surface area contributed by atoms with E-state index in [9.17, 15) is 9.59 Å². The van der Waals surface area contributed by atoms with Crippen molar-refractivity contribution in [3.8, 4) is 5.75 Å². The van der Waals surface area contributed by atoms with Crippen LogP contribution in [0.15, 0.2) is 42.5 Å². The lowest BCUT2D eigenvalue weighted by Gasteiger charge is -2.31. The summed E-state index contributed by atoms with van der Waals surface area (Å²) in [5.74, 6) is 0.932. The van der Waals surface area contributed by atoms with Crippen LogP contribution in [0.25, 0.3) is 0 Å². The molecular weight excluding hydrogens is 340 g/mol. The number of carbonyl (C=O) groups excluding carboxylic acids is 2. The molecule has 1 aliphatic rings. The molecule has 0 aliphatic carbocycles. The van der Waals surface area contributed by atoms with E-state index in [4.69, 9.17) is 4.74 Å². The van der Waals surface area contributed by atoms with Gasteiger partial charge in [0, 0.05) is 24.3 Å². The molecule has 0 radical (unpaired) electrons. The van der Waals surface area contributed by atoms with E-state index in [1.165, 1.54) is 0 Å². The number of rotatable bonds is 6. The maximum atomic E-state index is 12.7. The summed E-state index contributed by atoms with van der Waals surface area (Å²) in [6.45, 7) is 7.31. The van der Waals surface area contributed by atoms with Crippen LogP contribution in [0.5, 0.6) is 5.75 Å². The van der Waals surface area contributed by atoms with Gasteiger partial charge in [0.1, 0.15) is 5.75 Å². The molecule has 0 saturated heterocycles. The van der Waals surface area contributed by atoms with Gasteiger partial charge in [0.2, 0.25) is 5.91 Å². The van der Waals surface area contributed by atoms with Gasteiger partial charge in [0.05, 0.1) is 12.2 Å². The summed E-state index contributed by atoms with van der Waals surface area (Å²) >= 11 is 0. The highest BCUT2D eigenvalue weighted by Crippen LogP contribution is 2.31. The molecule has 27 heavy (non-hydrogen) atoms. The van der Waals surface area contributed by atoms with Gasteiger partial charge in [-0.15, -0.1) is 0 Å². The van der Waals surface area contributed by atoms with Gasteiger partial charge < -0.3 is 15.0 Å². The number of benzene rings is 2. The van der Waals surface area contributed by atoms with E-state index >= 15 is 0 Å². The predicted octanol–water partition coefficient (Wildman–Crippen LogP) is 4.27. The van der Waals surface area contributed by atoms with Gasteiger partial charge in [0.25, 0.3) is 5.91 Å². The molecule has 5 heteroatoms. The Morgan fingerprint density at radius 1 is 1.19 bits per heavy atom. The van der Waals surface area contributed by atoms with E-state index in [2.05, 4.69) is 19.2 Å². The minimum atomic E-state index is -0.204. The molecule has 2 aromatic rings. The number of fused-ring (bicyclic) bond motifs is 1. The first kappa shape index (κ1) is 19.0. The standard InChI is InChI=1S/C22H26N2O3/c1-4-27-20-8-6-5-7-18(20)22(26)23-17-10-11-19-16(13-17)9-12-21(25)24(19)14-15(2)3/h5-8,10-11,13,15H,4,9,12,14H2,1-3H3,(H,23,26). The topological polar surface area (TPSA) is 58.6 Å². The number of hydrogen-bond acceptors (Lipinski definition) is 3. The number of carbonyl (C=O) groups is 2. The zero-order valence-electron chi connectivity index (χ0n) is 16.1. The molecule has 0 spiro atoms. The summed E-state index contributed by atoms with van der Waals surface area (Å²) in [5, 5.41) is 2.95. The highest BCUT2D eigenvalue weighted by Gasteiger charge is 2.25. The van der Waals surface area contributed by atoms with Crippen LogP contribution in [-0.2, 0) is 11.2 Å². The fraction of sp³-hybridized carbons (Fsp3) is 0.364. The number of para-hydroxylation sites is 1. The van der Waals surface area contributed by atoms with E-state index < -0.39 is 0 Å². The van der Waals surface area contributed by atoms with Crippen molar-refractivity contribution in [1.82, 2.24) is 0 Å². The molecule has 5 nitrogen and oxygen atoms in total. The van der Waals surface area contributed by atoms with Crippen molar-refractivity contribution in [2.24, 2.45) is 5.92 Å². The lowest BCUT2D eigenvalue weighted by Crippen LogP contribution is -2.37. The highest BCUT2D eigenvalue weighted by molar-refractivity contribution is 6.06. The lowest BCUT2D eigenvalue weighted by atomic mass is 9.99. The van der Waals surface area contributed by atoms with E-state index in [-0.39, 0.29) is 11.8 Å². The Hall–Kier alpha value is -2.82. The highest BCUT2D eigenvalue weighted by atomic mass is 16.5. The van der Waals surface area contributed by atoms with E-state index in [1.807, 2.05) is 42.2 Å². The van der Waals surface area contributed by atoms with Gasteiger partial charge in [0.15, 0.2) is 0 Å². The van der Waals surface area contributed by atoms with Crippen molar-refractivity contribution in [2.75, 3.05) is 23.4 Å². The Bertz CT molecular complexity index is 845. The number of amides is 2. The molecule has 2 amide bonds. The van der Waals surface area contributed by atoms with E-state index in [0.29, 0.717) is 43.2 Å². The third-order valence-corrected chi connectivity index (χ3v) is 4.52. The number of ether oxygens (including phenoxy) is 1. The number of hydrogen-bond donors (Lipinski definition) is 1. The molecule has 0 aromatic heterocycles. The zero-order valence-corrected chi connectivity index (χ0v) is 16.1. The fourth-order valence-electron chi connectivity index (χ4n) is 3.34. The van der Waals surface area contributed by atoms with Crippen LogP contribution in [0.4, 0.5) is 11.4 Å². The largest absolute Gasteiger partial charge is 0.493 e. The van der Waals surface area contributed by atoms with E-state index in [0.717, 1.165) is 16.9 Å². The number of aryl methyl sites for hydroxylation is 1. The Kier molecular flexibility index (Phi) is 5.79. The van der Waals surface area contributed by atoms with Gasteiger partial charge in [-0.1, -0.05) is 26.0 Å². The van der Waals surface area contributed by atoms with Crippen LogP contribution < -0.4 is 15.0 Å². The van der Waals surface area contributed by atoms with Gasteiger partial charge in [-0.3, -0.25) is 9.59 Å². The van der Waals surface area contributed by atoms with Crippen molar-refractivity contribution in [1.29, 1.82) is 0 Å². The molecule has 1 aliphatic heterocycles. The maximum absolute atomic E-state index is 12.7. The normalized spacial score (nSPS) is 13.5. The van der Waals surface area contributed by atoms with Crippen LogP contribution >= 0.6 is 0 Å². The van der Waals surface area contributed by atoms with Gasteiger partial charge >= 0.3 is 0 Å². The van der Waals surface area contributed by atoms with Gasteiger partial charge in [-0.2, -0.15) is 0 Å². The van der Waals surface area contributed by atoms with E-state index in [1.54, 1.807) is 12.1 Å². The first-order valence-corrected chi connectivity index (χ1v) is 9.46.